The molecule has 98 valence electrons. The number of rotatable bonds is 4. The highest BCUT2D eigenvalue weighted by Crippen LogP contribution is 2.20. The Bertz CT molecular complexity index is 455. The molecular weight excluding hydrogens is 241 g/mol. The Morgan fingerprint density at radius 3 is 3.06 bits per heavy atom. The zero-order chi connectivity index (χ0) is 13.1. The van der Waals surface area contributed by atoms with Gasteiger partial charge in [-0.15, -0.1) is 0 Å². The van der Waals surface area contributed by atoms with Crippen molar-refractivity contribution >= 4 is 5.97 Å². The number of halogens is 1. The minimum atomic E-state index is -0.932. The summed E-state index contributed by atoms with van der Waals surface area (Å²) in [6.07, 6.45) is 1.60. The Morgan fingerprint density at radius 2 is 2.44 bits per heavy atom. The lowest BCUT2D eigenvalue weighted by Crippen LogP contribution is -2.30. The number of hydrogen-bond acceptors (Lipinski definition) is 5. The monoisotopic (exact) mass is 255 g/mol. The van der Waals surface area contributed by atoms with Gasteiger partial charge in [0.1, 0.15) is 18.5 Å². The van der Waals surface area contributed by atoms with Crippen molar-refractivity contribution < 1.29 is 19.0 Å². The number of carboxylic acids is 1. The number of aromatic nitrogens is 2. The molecule has 7 heteroatoms. The van der Waals surface area contributed by atoms with Crippen molar-refractivity contribution in [3.05, 3.63) is 17.8 Å². The van der Waals surface area contributed by atoms with Crippen molar-refractivity contribution in [3.63, 3.8) is 0 Å². The van der Waals surface area contributed by atoms with Crippen molar-refractivity contribution in [2.24, 2.45) is 0 Å². The van der Waals surface area contributed by atoms with E-state index in [0.29, 0.717) is 25.1 Å². The minimum absolute atomic E-state index is 0.111. The second-order valence-corrected chi connectivity index (χ2v) is 4.07. The van der Waals surface area contributed by atoms with Crippen LogP contribution >= 0.6 is 0 Å². The van der Waals surface area contributed by atoms with E-state index in [-0.39, 0.29) is 12.0 Å². The maximum absolute atomic E-state index is 13.8. The SMILES string of the molecule is CCc1ncnc(OC2CNC(C(=O)O)C2)c1F. The number of hydrogen-bond donors (Lipinski definition) is 2. The molecule has 0 aliphatic carbocycles. The molecule has 2 N–H and O–H groups in total. The van der Waals surface area contributed by atoms with Crippen molar-refractivity contribution in [1.29, 1.82) is 0 Å². The topological polar surface area (TPSA) is 84.3 Å². The van der Waals surface area contributed by atoms with E-state index in [1.165, 1.54) is 6.33 Å². The van der Waals surface area contributed by atoms with Crippen molar-refractivity contribution in [3.8, 4) is 5.88 Å². The molecule has 2 heterocycles. The third kappa shape index (κ3) is 2.56. The van der Waals surface area contributed by atoms with Crippen LogP contribution in [0.2, 0.25) is 0 Å². The van der Waals surface area contributed by atoms with Gasteiger partial charge in [-0.05, 0) is 6.42 Å². The van der Waals surface area contributed by atoms with E-state index >= 15 is 0 Å². The smallest absolute Gasteiger partial charge is 0.320 e. The highest BCUT2D eigenvalue weighted by atomic mass is 19.1. The fourth-order valence-electron chi connectivity index (χ4n) is 1.86. The van der Waals surface area contributed by atoms with Crippen LogP contribution < -0.4 is 10.1 Å². The minimum Gasteiger partial charge on any atom is -0.480 e. The number of nitrogens with zero attached hydrogens (tertiary/aromatic N) is 2. The van der Waals surface area contributed by atoms with Crippen molar-refractivity contribution in [1.82, 2.24) is 15.3 Å². The Kier molecular flexibility index (Phi) is 3.71. The molecule has 0 saturated carbocycles. The highest BCUT2D eigenvalue weighted by Gasteiger charge is 2.31. The zero-order valence-electron chi connectivity index (χ0n) is 9.89. The van der Waals surface area contributed by atoms with Crippen LogP contribution in [0, 0.1) is 5.82 Å². The molecule has 18 heavy (non-hydrogen) atoms. The molecule has 2 unspecified atom stereocenters. The average Bonchev–Trinajstić information content (AvgIpc) is 2.80. The molecular formula is C11H14FN3O3. The summed E-state index contributed by atoms with van der Waals surface area (Å²) in [5.41, 5.74) is 0.292. The van der Waals surface area contributed by atoms with Crippen LogP contribution in [0.1, 0.15) is 19.0 Å². The number of aliphatic carboxylic acids is 1. The van der Waals surface area contributed by atoms with Crippen molar-refractivity contribution in [2.45, 2.75) is 31.9 Å². The molecule has 6 nitrogen and oxygen atoms in total. The normalized spacial score (nSPS) is 23.0. The molecule has 2 atom stereocenters. The largest absolute Gasteiger partial charge is 0.480 e. The van der Waals surface area contributed by atoms with Gasteiger partial charge in [-0.3, -0.25) is 4.79 Å². The summed E-state index contributed by atoms with van der Waals surface area (Å²) in [7, 11) is 0. The number of nitrogens with one attached hydrogen (secondary N) is 1. The molecule has 1 saturated heterocycles. The molecule has 1 aromatic rings. The van der Waals surface area contributed by atoms with Crippen LogP contribution in [0.25, 0.3) is 0 Å². The fraction of sp³-hybridized carbons (Fsp3) is 0.545. The maximum atomic E-state index is 13.8. The third-order valence-corrected chi connectivity index (χ3v) is 2.83. The van der Waals surface area contributed by atoms with Gasteiger partial charge in [0.25, 0.3) is 5.88 Å². The summed E-state index contributed by atoms with van der Waals surface area (Å²) in [4.78, 5) is 18.3. The third-order valence-electron chi connectivity index (χ3n) is 2.83. The van der Waals surface area contributed by atoms with Crippen LogP contribution in [0.5, 0.6) is 5.88 Å². The van der Waals surface area contributed by atoms with Gasteiger partial charge in [-0.25, -0.2) is 4.98 Å². The van der Waals surface area contributed by atoms with Gasteiger partial charge in [0.05, 0.1) is 5.69 Å². The summed E-state index contributed by atoms with van der Waals surface area (Å²) in [6, 6.07) is -0.648. The van der Waals surface area contributed by atoms with Gasteiger partial charge in [0.15, 0.2) is 0 Å². The second-order valence-electron chi connectivity index (χ2n) is 4.07. The molecule has 1 aliphatic heterocycles. The van der Waals surface area contributed by atoms with Crippen LogP contribution in [0.4, 0.5) is 4.39 Å². The van der Waals surface area contributed by atoms with Gasteiger partial charge in [0.2, 0.25) is 5.82 Å². The predicted molar refractivity (Wildman–Crippen MR) is 59.8 cm³/mol. The fourth-order valence-corrected chi connectivity index (χ4v) is 1.86. The summed E-state index contributed by atoms with van der Waals surface area (Å²) < 4.78 is 19.2. The van der Waals surface area contributed by atoms with Crippen molar-refractivity contribution in [2.75, 3.05) is 6.54 Å². The van der Waals surface area contributed by atoms with E-state index in [1.54, 1.807) is 6.92 Å². The van der Waals surface area contributed by atoms with Crippen LogP contribution in [0.3, 0.4) is 0 Å². The van der Waals surface area contributed by atoms with Gasteiger partial charge >= 0.3 is 5.97 Å². The molecule has 0 amide bonds. The Labute approximate surface area is 103 Å². The molecule has 0 aromatic carbocycles. The number of carbonyl (C=O) groups is 1. The predicted octanol–water partition coefficient (Wildman–Crippen LogP) is 0.372. The van der Waals surface area contributed by atoms with Gasteiger partial charge in [0, 0.05) is 13.0 Å². The molecule has 0 spiro atoms. The highest BCUT2D eigenvalue weighted by molar-refractivity contribution is 5.73. The molecule has 1 fully saturated rings. The van der Waals surface area contributed by atoms with Crippen LogP contribution in [0.15, 0.2) is 6.33 Å². The zero-order valence-corrected chi connectivity index (χ0v) is 9.89. The lowest BCUT2D eigenvalue weighted by Gasteiger charge is -2.12. The lowest BCUT2D eigenvalue weighted by molar-refractivity contribution is -0.139. The van der Waals surface area contributed by atoms with Crippen LogP contribution in [-0.2, 0) is 11.2 Å². The van der Waals surface area contributed by atoms with E-state index in [9.17, 15) is 9.18 Å². The molecule has 1 aliphatic rings. The molecule has 0 radical (unpaired) electrons. The van der Waals surface area contributed by atoms with Gasteiger partial charge < -0.3 is 15.2 Å². The first kappa shape index (κ1) is 12.7. The Balaban J connectivity index is 2.05. The molecule has 1 aromatic heterocycles. The Morgan fingerprint density at radius 1 is 1.67 bits per heavy atom. The summed E-state index contributed by atoms with van der Waals surface area (Å²) >= 11 is 0. The van der Waals surface area contributed by atoms with Crippen LogP contribution in [-0.4, -0.2) is 39.7 Å². The quantitative estimate of drug-likeness (QED) is 0.808. The van der Waals surface area contributed by atoms with E-state index in [1.807, 2.05) is 0 Å². The van der Waals surface area contributed by atoms with Gasteiger partial charge in [-0.2, -0.15) is 9.37 Å². The number of ether oxygens (including phenoxy) is 1. The lowest BCUT2D eigenvalue weighted by atomic mass is 10.2. The summed E-state index contributed by atoms with van der Waals surface area (Å²) in [5, 5.41) is 11.6. The molecule has 2 rings (SSSR count). The average molecular weight is 255 g/mol. The van der Waals surface area contributed by atoms with E-state index in [0.717, 1.165) is 0 Å². The first-order chi connectivity index (χ1) is 8.61. The van der Waals surface area contributed by atoms with E-state index in [4.69, 9.17) is 9.84 Å². The van der Waals surface area contributed by atoms with Gasteiger partial charge in [-0.1, -0.05) is 6.92 Å². The van der Waals surface area contributed by atoms with E-state index in [2.05, 4.69) is 15.3 Å². The number of aryl methyl sites for hydroxylation is 1. The second kappa shape index (κ2) is 5.26. The summed E-state index contributed by atoms with van der Waals surface area (Å²) in [5.74, 6) is -1.61. The van der Waals surface area contributed by atoms with E-state index < -0.39 is 17.8 Å². The molecule has 0 bridgehead atoms. The number of carboxylic acid groups (broad SMARTS) is 1. The first-order valence-corrected chi connectivity index (χ1v) is 5.74. The maximum Gasteiger partial charge on any atom is 0.320 e. The Hall–Kier alpha value is -1.76. The summed E-state index contributed by atoms with van der Waals surface area (Å²) in [6.45, 7) is 2.15. The first-order valence-electron chi connectivity index (χ1n) is 5.74. The standard InChI is InChI=1S/C11H14FN3O3/c1-2-7-9(12)10(15-5-14-7)18-6-3-8(11(16)17)13-4-6/h5-6,8,13H,2-4H2,1H3,(H,16,17).